The lowest BCUT2D eigenvalue weighted by molar-refractivity contribution is -0.137. The zero-order valence-electron chi connectivity index (χ0n) is 20.9. The highest BCUT2D eigenvalue weighted by Gasteiger charge is 2.27. The molecule has 1 unspecified atom stereocenters. The fourth-order valence-corrected chi connectivity index (χ4v) is 3.47. The predicted molar refractivity (Wildman–Crippen MR) is 129 cm³/mol. The summed E-state index contributed by atoms with van der Waals surface area (Å²) in [6, 6.07) is 4.18. The second-order valence-electron chi connectivity index (χ2n) is 9.85. The van der Waals surface area contributed by atoms with Crippen molar-refractivity contribution in [2.45, 2.75) is 92.2 Å². The lowest BCUT2D eigenvalue weighted by Crippen LogP contribution is -2.45. The number of aryl methyl sites for hydroxylation is 2. The number of unbranched alkanes of at least 4 members (excludes halogenated alkanes) is 1. The molecule has 0 radical (unpaired) electrons. The molecule has 33 heavy (non-hydrogen) atoms. The Hall–Kier alpha value is -2.83. The van der Waals surface area contributed by atoms with Crippen molar-refractivity contribution in [1.82, 2.24) is 5.32 Å². The number of fused-ring (bicyclic) bond motifs is 1. The molecule has 1 amide bonds. The number of rotatable bonds is 9. The monoisotopic (exact) mass is 459 g/mol. The van der Waals surface area contributed by atoms with Crippen LogP contribution in [0.4, 0.5) is 4.79 Å². The van der Waals surface area contributed by atoms with Crippen molar-refractivity contribution in [2.24, 2.45) is 5.92 Å². The molecule has 0 fully saturated rings. The van der Waals surface area contributed by atoms with Crippen molar-refractivity contribution in [3.63, 3.8) is 0 Å². The van der Waals surface area contributed by atoms with Crippen LogP contribution in [0.2, 0.25) is 0 Å². The van der Waals surface area contributed by atoms with Gasteiger partial charge in [0.2, 0.25) is 0 Å². The maximum atomic E-state index is 13.0. The van der Waals surface area contributed by atoms with E-state index in [1.54, 1.807) is 33.8 Å². The summed E-state index contributed by atoms with van der Waals surface area (Å²) in [4.78, 5) is 37.4. The fraction of sp³-hybridized carbons (Fsp3) is 0.577. The van der Waals surface area contributed by atoms with Gasteiger partial charge in [0.1, 0.15) is 23.0 Å². The standard InChI is InChI=1S/C26H37NO6/c1-8-9-10-18-15-22(28)32-23-17(4)21(14-12-19(18)23)31-24(29)20(13-11-16(2)3)27-25(30)33-26(5,6)7/h12,14-16,20H,8-11,13H2,1-7H3,(H,27,30). The molecule has 0 spiro atoms. The first-order valence-corrected chi connectivity index (χ1v) is 11.7. The topological polar surface area (TPSA) is 94.8 Å². The molecule has 1 atom stereocenters. The first-order chi connectivity index (χ1) is 15.4. The number of carbonyl (C=O) groups excluding carboxylic acids is 2. The van der Waals surface area contributed by atoms with E-state index >= 15 is 0 Å². The second kappa shape index (κ2) is 11.3. The summed E-state index contributed by atoms with van der Waals surface area (Å²) in [5.41, 5.74) is 0.791. The van der Waals surface area contributed by atoms with E-state index in [0.717, 1.165) is 36.6 Å². The van der Waals surface area contributed by atoms with Gasteiger partial charge in [0.15, 0.2) is 0 Å². The Labute approximate surface area is 195 Å². The number of ether oxygens (including phenoxy) is 2. The lowest BCUT2D eigenvalue weighted by Gasteiger charge is -2.23. The Balaban J connectivity index is 2.30. The van der Waals surface area contributed by atoms with Crippen LogP contribution >= 0.6 is 0 Å². The molecule has 1 aromatic carbocycles. The molecule has 0 saturated heterocycles. The van der Waals surface area contributed by atoms with Crippen LogP contribution in [0.15, 0.2) is 27.4 Å². The molecule has 7 nitrogen and oxygen atoms in total. The molecule has 1 N–H and O–H groups in total. The van der Waals surface area contributed by atoms with Crippen LogP contribution in [0.5, 0.6) is 5.75 Å². The Morgan fingerprint density at radius 3 is 2.45 bits per heavy atom. The molecule has 0 bridgehead atoms. The van der Waals surface area contributed by atoms with Gasteiger partial charge in [-0.25, -0.2) is 14.4 Å². The minimum absolute atomic E-state index is 0.295. The molecule has 2 aromatic rings. The van der Waals surface area contributed by atoms with Crippen molar-refractivity contribution >= 4 is 23.0 Å². The summed E-state index contributed by atoms with van der Waals surface area (Å²) in [6.07, 6.45) is 3.21. The molecule has 182 valence electrons. The Morgan fingerprint density at radius 1 is 1.15 bits per heavy atom. The fourth-order valence-electron chi connectivity index (χ4n) is 3.47. The molecular weight excluding hydrogens is 422 g/mol. The minimum Gasteiger partial charge on any atom is -0.444 e. The molecule has 2 rings (SSSR count). The third-order valence-electron chi connectivity index (χ3n) is 5.22. The van der Waals surface area contributed by atoms with Gasteiger partial charge in [-0.05, 0) is 77.0 Å². The van der Waals surface area contributed by atoms with E-state index in [9.17, 15) is 14.4 Å². The van der Waals surface area contributed by atoms with Crippen molar-refractivity contribution < 1.29 is 23.5 Å². The number of alkyl carbamates (subject to hydrolysis) is 1. The molecule has 0 aliphatic carbocycles. The van der Waals surface area contributed by atoms with Gasteiger partial charge in [-0.2, -0.15) is 0 Å². The molecule has 1 heterocycles. The van der Waals surface area contributed by atoms with Crippen molar-refractivity contribution in [1.29, 1.82) is 0 Å². The van der Waals surface area contributed by atoms with Gasteiger partial charge in [0.25, 0.3) is 0 Å². The highest BCUT2D eigenvalue weighted by atomic mass is 16.6. The number of hydrogen-bond donors (Lipinski definition) is 1. The number of benzene rings is 1. The normalized spacial score (nSPS) is 12.6. The van der Waals surface area contributed by atoms with E-state index in [1.165, 1.54) is 6.07 Å². The summed E-state index contributed by atoms with van der Waals surface area (Å²) in [6.45, 7) is 13.2. The summed E-state index contributed by atoms with van der Waals surface area (Å²) in [7, 11) is 0. The van der Waals surface area contributed by atoms with Gasteiger partial charge < -0.3 is 19.2 Å². The van der Waals surface area contributed by atoms with Crippen LogP contribution in [0.1, 0.15) is 78.4 Å². The largest absolute Gasteiger partial charge is 0.444 e. The van der Waals surface area contributed by atoms with Crippen LogP contribution < -0.4 is 15.7 Å². The Bertz CT molecular complexity index is 1030. The van der Waals surface area contributed by atoms with Gasteiger partial charge in [0.05, 0.1) is 0 Å². The summed E-state index contributed by atoms with van der Waals surface area (Å²) < 4.78 is 16.4. The minimum atomic E-state index is -0.861. The number of carbonyl (C=O) groups is 2. The van der Waals surface area contributed by atoms with Crippen LogP contribution in [0.25, 0.3) is 11.0 Å². The van der Waals surface area contributed by atoms with E-state index in [2.05, 4.69) is 12.2 Å². The first kappa shape index (κ1) is 26.4. The predicted octanol–water partition coefficient (Wildman–Crippen LogP) is 5.68. The summed E-state index contributed by atoms with van der Waals surface area (Å²) in [5.74, 6) is 0.0521. The molecule has 0 aliphatic rings. The third kappa shape index (κ3) is 7.91. The zero-order chi connectivity index (χ0) is 24.8. The first-order valence-electron chi connectivity index (χ1n) is 11.7. The van der Waals surface area contributed by atoms with Gasteiger partial charge in [0, 0.05) is 17.0 Å². The smallest absolute Gasteiger partial charge is 0.408 e. The van der Waals surface area contributed by atoms with Crippen LogP contribution in [0, 0.1) is 12.8 Å². The summed E-state index contributed by atoms with van der Waals surface area (Å²) in [5, 5.41) is 3.47. The lowest BCUT2D eigenvalue weighted by atomic mass is 10.0. The van der Waals surface area contributed by atoms with E-state index < -0.39 is 29.3 Å². The number of esters is 1. The van der Waals surface area contributed by atoms with E-state index in [0.29, 0.717) is 29.2 Å². The number of amides is 1. The maximum absolute atomic E-state index is 13.0. The Morgan fingerprint density at radius 2 is 1.85 bits per heavy atom. The summed E-state index contributed by atoms with van der Waals surface area (Å²) >= 11 is 0. The number of nitrogens with one attached hydrogen (secondary N) is 1. The average Bonchev–Trinajstić information content (AvgIpc) is 2.70. The zero-order valence-corrected chi connectivity index (χ0v) is 20.9. The van der Waals surface area contributed by atoms with Gasteiger partial charge in [-0.3, -0.25) is 0 Å². The van der Waals surface area contributed by atoms with Crippen molar-refractivity contribution in [3.05, 3.63) is 39.7 Å². The molecule has 1 aromatic heterocycles. The highest BCUT2D eigenvalue weighted by molar-refractivity contribution is 5.87. The van der Waals surface area contributed by atoms with Crippen LogP contribution in [0.3, 0.4) is 0 Å². The van der Waals surface area contributed by atoms with E-state index in [-0.39, 0.29) is 0 Å². The second-order valence-corrected chi connectivity index (χ2v) is 9.85. The molecule has 0 saturated carbocycles. The maximum Gasteiger partial charge on any atom is 0.408 e. The average molecular weight is 460 g/mol. The van der Waals surface area contributed by atoms with Crippen molar-refractivity contribution in [3.8, 4) is 5.75 Å². The molecule has 0 aliphatic heterocycles. The molecular formula is C26H37NO6. The number of hydrogen-bond acceptors (Lipinski definition) is 6. The SMILES string of the molecule is CCCCc1cc(=O)oc2c(C)c(OC(=O)C(CCC(C)C)NC(=O)OC(C)(C)C)ccc12. The Kier molecular flexibility index (Phi) is 9.08. The van der Waals surface area contributed by atoms with Gasteiger partial charge >= 0.3 is 17.7 Å². The third-order valence-corrected chi connectivity index (χ3v) is 5.22. The van der Waals surface area contributed by atoms with Crippen LogP contribution in [-0.4, -0.2) is 23.7 Å². The highest BCUT2D eigenvalue weighted by Crippen LogP contribution is 2.29. The van der Waals surface area contributed by atoms with Gasteiger partial charge in [-0.15, -0.1) is 0 Å². The van der Waals surface area contributed by atoms with Crippen LogP contribution in [-0.2, 0) is 16.0 Å². The molecule has 7 heteroatoms. The quantitative estimate of drug-likeness (QED) is 0.294. The van der Waals surface area contributed by atoms with Gasteiger partial charge in [-0.1, -0.05) is 27.2 Å². The van der Waals surface area contributed by atoms with E-state index in [4.69, 9.17) is 13.9 Å². The van der Waals surface area contributed by atoms with Crippen molar-refractivity contribution in [2.75, 3.05) is 0 Å². The van der Waals surface area contributed by atoms with E-state index in [1.807, 2.05) is 19.9 Å².